The first kappa shape index (κ1) is 16.0. The van der Waals surface area contributed by atoms with Gasteiger partial charge in [-0.25, -0.2) is 8.42 Å². The number of para-hydroxylation sites is 2. The topological polar surface area (TPSA) is 73.9 Å². The molecule has 0 fully saturated rings. The zero-order chi connectivity index (χ0) is 16.2. The highest BCUT2D eigenvalue weighted by atomic mass is 32.2. The zero-order valence-corrected chi connectivity index (χ0v) is 13.3. The smallest absolute Gasteiger partial charge is 0.265 e. The Kier molecular flexibility index (Phi) is 4.77. The maximum absolute atomic E-state index is 12.6. The van der Waals surface area contributed by atoms with Gasteiger partial charge in [0, 0.05) is 6.07 Å². The van der Waals surface area contributed by atoms with Crippen LogP contribution < -0.4 is 18.9 Å². The van der Waals surface area contributed by atoms with Crippen LogP contribution in [0, 0.1) is 0 Å². The minimum Gasteiger partial charge on any atom is -0.497 e. The molecule has 0 aliphatic heterocycles. The van der Waals surface area contributed by atoms with E-state index in [0.717, 1.165) is 0 Å². The van der Waals surface area contributed by atoms with Crippen molar-refractivity contribution < 1.29 is 22.6 Å². The fourth-order valence-electron chi connectivity index (χ4n) is 1.93. The molecule has 2 aromatic rings. The van der Waals surface area contributed by atoms with Crippen LogP contribution in [0.5, 0.6) is 17.2 Å². The summed E-state index contributed by atoms with van der Waals surface area (Å²) in [4.78, 5) is 0.0155. The standard InChI is InChI=1S/C15H17NO5S/c1-19-11-8-9-15(14(10-11)21-3)22(17,18)16-12-6-4-5-7-13(12)20-2/h4-10,16H,1-3H3. The van der Waals surface area contributed by atoms with E-state index in [1.165, 1.54) is 33.5 Å². The van der Waals surface area contributed by atoms with E-state index >= 15 is 0 Å². The number of hydrogen-bond donors (Lipinski definition) is 1. The Labute approximate surface area is 129 Å². The lowest BCUT2D eigenvalue weighted by Gasteiger charge is -2.14. The monoisotopic (exact) mass is 323 g/mol. The molecule has 0 spiro atoms. The average molecular weight is 323 g/mol. The Morgan fingerprint density at radius 2 is 1.55 bits per heavy atom. The molecule has 0 radical (unpaired) electrons. The summed E-state index contributed by atoms with van der Waals surface area (Å²) in [7, 11) is 0.545. The Morgan fingerprint density at radius 3 is 2.18 bits per heavy atom. The van der Waals surface area contributed by atoms with Gasteiger partial charge in [-0.15, -0.1) is 0 Å². The first-order chi connectivity index (χ1) is 10.5. The van der Waals surface area contributed by atoms with Gasteiger partial charge in [0.2, 0.25) is 0 Å². The fraction of sp³-hybridized carbons (Fsp3) is 0.200. The molecule has 1 N–H and O–H groups in total. The van der Waals surface area contributed by atoms with Gasteiger partial charge in [-0.1, -0.05) is 12.1 Å². The highest BCUT2D eigenvalue weighted by molar-refractivity contribution is 7.92. The normalized spacial score (nSPS) is 10.9. The lowest BCUT2D eigenvalue weighted by Crippen LogP contribution is -2.14. The van der Waals surface area contributed by atoms with Gasteiger partial charge in [0.05, 0.1) is 27.0 Å². The minimum absolute atomic E-state index is 0.0155. The third kappa shape index (κ3) is 3.25. The van der Waals surface area contributed by atoms with Crippen molar-refractivity contribution in [2.45, 2.75) is 4.90 Å². The summed E-state index contributed by atoms with van der Waals surface area (Å²) in [5.41, 5.74) is 0.350. The first-order valence-corrected chi connectivity index (χ1v) is 7.88. The predicted molar refractivity (Wildman–Crippen MR) is 83.3 cm³/mol. The number of anilines is 1. The number of benzene rings is 2. The molecule has 0 amide bonds. The lowest BCUT2D eigenvalue weighted by atomic mass is 10.3. The largest absolute Gasteiger partial charge is 0.497 e. The summed E-state index contributed by atoms with van der Waals surface area (Å²) in [5, 5.41) is 0. The zero-order valence-electron chi connectivity index (χ0n) is 12.5. The van der Waals surface area contributed by atoms with Gasteiger partial charge in [-0.05, 0) is 24.3 Å². The Morgan fingerprint density at radius 1 is 0.864 bits per heavy atom. The molecule has 0 heterocycles. The van der Waals surface area contributed by atoms with Gasteiger partial charge in [0.1, 0.15) is 22.1 Å². The second-order valence-electron chi connectivity index (χ2n) is 4.32. The summed E-state index contributed by atoms with van der Waals surface area (Å²) in [6.07, 6.45) is 0. The first-order valence-electron chi connectivity index (χ1n) is 6.39. The summed E-state index contributed by atoms with van der Waals surface area (Å²) in [6.45, 7) is 0. The van der Waals surface area contributed by atoms with E-state index < -0.39 is 10.0 Å². The van der Waals surface area contributed by atoms with Crippen molar-refractivity contribution in [3.63, 3.8) is 0 Å². The highest BCUT2D eigenvalue weighted by Gasteiger charge is 2.21. The van der Waals surface area contributed by atoms with Crippen molar-refractivity contribution >= 4 is 15.7 Å². The number of methoxy groups -OCH3 is 3. The van der Waals surface area contributed by atoms with Crippen LogP contribution in [0.4, 0.5) is 5.69 Å². The Balaban J connectivity index is 2.42. The van der Waals surface area contributed by atoms with Crippen molar-refractivity contribution in [3.05, 3.63) is 42.5 Å². The third-order valence-electron chi connectivity index (χ3n) is 3.01. The summed E-state index contributed by atoms with van der Waals surface area (Å²) >= 11 is 0. The predicted octanol–water partition coefficient (Wildman–Crippen LogP) is 2.51. The van der Waals surface area contributed by atoms with Crippen molar-refractivity contribution in [2.24, 2.45) is 0 Å². The second kappa shape index (κ2) is 6.57. The minimum atomic E-state index is -3.82. The van der Waals surface area contributed by atoms with E-state index in [4.69, 9.17) is 14.2 Å². The highest BCUT2D eigenvalue weighted by Crippen LogP contribution is 2.32. The van der Waals surface area contributed by atoms with Crippen LogP contribution in [-0.2, 0) is 10.0 Å². The average Bonchev–Trinajstić information content (AvgIpc) is 2.54. The maximum atomic E-state index is 12.6. The van der Waals surface area contributed by atoms with E-state index in [2.05, 4.69) is 4.72 Å². The molecular formula is C15H17NO5S. The Bertz CT molecular complexity index is 758. The summed E-state index contributed by atoms with van der Waals surface area (Å²) in [6, 6.07) is 11.2. The molecule has 6 nitrogen and oxygen atoms in total. The number of nitrogens with one attached hydrogen (secondary N) is 1. The van der Waals surface area contributed by atoms with E-state index in [-0.39, 0.29) is 10.6 Å². The van der Waals surface area contributed by atoms with Crippen LogP contribution in [0.25, 0.3) is 0 Å². The van der Waals surface area contributed by atoms with Crippen LogP contribution in [0.2, 0.25) is 0 Å². The lowest BCUT2D eigenvalue weighted by molar-refractivity contribution is 0.386. The van der Waals surface area contributed by atoms with Crippen molar-refractivity contribution in [2.75, 3.05) is 26.1 Å². The molecule has 0 saturated heterocycles. The van der Waals surface area contributed by atoms with Crippen molar-refractivity contribution in [3.8, 4) is 17.2 Å². The van der Waals surface area contributed by atoms with Gasteiger partial charge in [-0.2, -0.15) is 0 Å². The van der Waals surface area contributed by atoms with E-state index in [1.807, 2.05) is 0 Å². The molecule has 0 unspecified atom stereocenters. The molecule has 7 heteroatoms. The van der Waals surface area contributed by atoms with Gasteiger partial charge < -0.3 is 14.2 Å². The molecule has 0 aromatic heterocycles. The quantitative estimate of drug-likeness (QED) is 0.884. The van der Waals surface area contributed by atoms with Crippen LogP contribution in [0.3, 0.4) is 0 Å². The van der Waals surface area contributed by atoms with E-state index in [0.29, 0.717) is 17.2 Å². The molecule has 0 atom stereocenters. The number of hydrogen-bond acceptors (Lipinski definition) is 5. The second-order valence-corrected chi connectivity index (χ2v) is 5.97. The van der Waals surface area contributed by atoms with Gasteiger partial charge >= 0.3 is 0 Å². The molecule has 2 aromatic carbocycles. The molecule has 2 rings (SSSR count). The van der Waals surface area contributed by atoms with E-state index in [1.54, 1.807) is 30.3 Å². The molecule has 0 bridgehead atoms. The van der Waals surface area contributed by atoms with Crippen molar-refractivity contribution in [1.29, 1.82) is 0 Å². The molecule has 22 heavy (non-hydrogen) atoms. The van der Waals surface area contributed by atoms with Gasteiger partial charge in [0.25, 0.3) is 10.0 Å². The van der Waals surface area contributed by atoms with Crippen molar-refractivity contribution in [1.82, 2.24) is 0 Å². The van der Waals surface area contributed by atoms with E-state index in [9.17, 15) is 8.42 Å². The number of rotatable bonds is 6. The third-order valence-corrected chi connectivity index (χ3v) is 4.42. The van der Waals surface area contributed by atoms with Crippen LogP contribution in [-0.4, -0.2) is 29.7 Å². The SMILES string of the molecule is COc1ccc(S(=O)(=O)Nc2ccccc2OC)c(OC)c1. The fourth-order valence-corrected chi connectivity index (χ4v) is 3.15. The van der Waals surface area contributed by atoms with Crippen LogP contribution in [0.15, 0.2) is 47.4 Å². The van der Waals surface area contributed by atoms with Crippen LogP contribution in [0.1, 0.15) is 0 Å². The Hall–Kier alpha value is -2.41. The summed E-state index contributed by atoms with van der Waals surface area (Å²) in [5.74, 6) is 1.13. The maximum Gasteiger partial charge on any atom is 0.265 e. The molecular weight excluding hydrogens is 306 g/mol. The summed E-state index contributed by atoms with van der Waals surface area (Å²) < 4.78 is 43.0. The molecule has 0 aliphatic carbocycles. The number of ether oxygens (including phenoxy) is 3. The molecule has 0 aliphatic rings. The van der Waals surface area contributed by atoms with Crippen LogP contribution >= 0.6 is 0 Å². The van der Waals surface area contributed by atoms with Gasteiger partial charge in [0.15, 0.2) is 0 Å². The molecule has 118 valence electrons. The number of sulfonamides is 1. The molecule has 0 saturated carbocycles. The van der Waals surface area contributed by atoms with Gasteiger partial charge in [-0.3, -0.25) is 4.72 Å².